The average Bonchev–Trinajstić information content (AvgIpc) is 3.24. The molecule has 4 atom stereocenters. The molecule has 1 aromatic carbocycles. The number of carbonyl (C=O) groups is 2. The van der Waals surface area contributed by atoms with E-state index in [4.69, 9.17) is 0 Å². The molecule has 2 N–H and O–H groups in total. The molecule has 0 radical (unpaired) electrons. The number of amides is 1. The van der Waals surface area contributed by atoms with Crippen molar-refractivity contribution in [2.45, 2.75) is 45.6 Å². The van der Waals surface area contributed by atoms with Crippen LogP contribution in [0.3, 0.4) is 0 Å². The third-order valence-corrected chi connectivity index (χ3v) is 4.49. The molecule has 1 fully saturated rings. The van der Waals surface area contributed by atoms with Gasteiger partial charge in [-0.15, -0.1) is 0 Å². The number of carboxylic acids is 1. The zero-order chi connectivity index (χ0) is 15.6. The van der Waals surface area contributed by atoms with Gasteiger partial charge in [-0.1, -0.05) is 44.5 Å². The van der Waals surface area contributed by atoms with E-state index < -0.39 is 12.0 Å². The van der Waals surface area contributed by atoms with E-state index in [2.05, 4.69) is 11.4 Å². The van der Waals surface area contributed by atoms with Gasteiger partial charge in [-0.05, 0) is 36.3 Å². The molecule has 2 unspecified atom stereocenters. The molecule has 1 saturated carbocycles. The van der Waals surface area contributed by atoms with Crippen molar-refractivity contribution in [3.8, 4) is 0 Å². The summed E-state index contributed by atoms with van der Waals surface area (Å²) in [6, 6.07) is 7.27. The van der Waals surface area contributed by atoms with Gasteiger partial charge in [0.05, 0.1) is 0 Å². The van der Waals surface area contributed by atoms with Crippen molar-refractivity contribution in [3.05, 3.63) is 35.4 Å². The van der Waals surface area contributed by atoms with Crippen molar-refractivity contribution in [2.75, 3.05) is 0 Å². The second kappa shape index (κ2) is 6.29. The minimum absolute atomic E-state index is 0.0675. The van der Waals surface area contributed by atoms with Crippen LogP contribution in [0.1, 0.15) is 43.7 Å². The fraction of sp³-hybridized carbons (Fsp3) is 0.529. The number of aliphatic carboxylic acids is 1. The van der Waals surface area contributed by atoms with Crippen molar-refractivity contribution in [2.24, 2.45) is 11.8 Å². The predicted octanol–water partition coefficient (Wildman–Crippen LogP) is 2.71. The van der Waals surface area contributed by atoms with Gasteiger partial charge in [0.1, 0.15) is 6.04 Å². The lowest BCUT2D eigenvalue weighted by Crippen LogP contribution is -2.45. The molecule has 21 heavy (non-hydrogen) atoms. The van der Waals surface area contributed by atoms with Crippen LogP contribution in [0, 0.1) is 18.8 Å². The molecule has 4 nitrogen and oxygen atoms in total. The molecule has 0 aliphatic heterocycles. The van der Waals surface area contributed by atoms with Crippen molar-refractivity contribution in [1.29, 1.82) is 0 Å². The summed E-state index contributed by atoms with van der Waals surface area (Å²) in [7, 11) is 0. The van der Waals surface area contributed by atoms with E-state index in [9.17, 15) is 14.7 Å². The van der Waals surface area contributed by atoms with Gasteiger partial charge in [-0.25, -0.2) is 4.79 Å². The molecule has 1 aromatic rings. The Bertz CT molecular complexity index is 541. The van der Waals surface area contributed by atoms with E-state index in [0.717, 1.165) is 12.8 Å². The maximum atomic E-state index is 12.3. The quantitative estimate of drug-likeness (QED) is 0.846. The second-order valence-corrected chi connectivity index (χ2v) is 6.02. The van der Waals surface area contributed by atoms with Gasteiger partial charge < -0.3 is 10.4 Å². The fourth-order valence-corrected chi connectivity index (χ4v) is 2.77. The third kappa shape index (κ3) is 3.43. The van der Waals surface area contributed by atoms with Gasteiger partial charge in [0.25, 0.3) is 0 Å². The lowest BCUT2D eigenvalue weighted by molar-refractivity contribution is -0.143. The molecule has 114 valence electrons. The summed E-state index contributed by atoms with van der Waals surface area (Å²) < 4.78 is 0. The van der Waals surface area contributed by atoms with Crippen LogP contribution in [0.5, 0.6) is 0 Å². The van der Waals surface area contributed by atoms with E-state index in [1.165, 1.54) is 11.1 Å². The Morgan fingerprint density at radius 3 is 2.62 bits per heavy atom. The van der Waals surface area contributed by atoms with E-state index >= 15 is 0 Å². The van der Waals surface area contributed by atoms with Crippen LogP contribution in [-0.4, -0.2) is 23.0 Å². The minimum Gasteiger partial charge on any atom is -0.480 e. The van der Waals surface area contributed by atoms with Gasteiger partial charge >= 0.3 is 5.97 Å². The van der Waals surface area contributed by atoms with Gasteiger partial charge in [0.2, 0.25) is 5.91 Å². The highest BCUT2D eigenvalue weighted by molar-refractivity contribution is 5.87. The summed E-state index contributed by atoms with van der Waals surface area (Å²) in [6.07, 6.45) is 1.53. The molecule has 0 bridgehead atoms. The fourth-order valence-electron chi connectivity index (χ4n) is 2.77. The first-order chi connectivity index (χ1) is 9.95. The summed E-state index contributed by atoms with van der Waals surface area (Å²) in [4.78, 5) is 23.5. The van der Waals surface area contributed by atoms with Crippen LogP contribution in [-0.2, 0) is 9.59 Å². The lowest BCUT2D eigenvalue weighted by Gasteiger charge is -2.20. The summed E-state index contributed by atoms with van der Waals surface area (Å²) in [5, 5.41) is 11.9. The Morgan fingerprint density at radius 2 is 2.05 bits per heavy atom. The Labute approximate surface area is 125 Å². The van der Waals surface area contributed by atoms with Crippen LogP contribution >= 0.6 is 0 Å². The summed E-state index contributed by atoms with van der Waals surface area (Å²) in [5.74, 6) is -1.00. The Balaban J connectivity index is 2.00. The molecular formula is C17H23NO3. The first-order valence-corrected chi connectivity index (χ1v) is 7.54. The van der Waals surface area contributed by atoms with Gasteiger partial charge in [-0.3, -0.25) is 4.79 Å². The monoisotopic (exact) mass is 289 g/mol. The van der Waals surface area contributed by atoms with Crippen LogP contribution in [0.15, 0.2) is 24.3 Å². The molecular weight excluding hydrogens is 266 g/mol. The molecule has 4 heteroatoms. The SMILES string of the molecule is CC[C@H](C)[C@H](NC(=O)C1CC1c1ccccc1C)C(=O)O. The van der Waals surface area contributed by atoms with Gasteiger partial charge in [-0.2, -0.15) is 0 Å². The van der Waals surface area contributed by atoms with Crippen molar-refractivity contribution < 1.29 is 14.7 Å². The number of carbonyl (C=O) groups excluding carboxylic acids is 1. The van der Waals surface area contributed by atoms with Crippen molar-refractivity contribution in [3.63, 3.8) is 0 Å². The predicted molar refractivity (Wildman–Crippen MR) is 81.0 cm³/mol. The number of nitrogens with one attached hydrogen (secondary N) is 1. The number of rotatable bonds is 6. The standard InChI is InChI=1S/C17H23NO3/c1-4-10(2)15(17(20)21)18-16(19)14-9-13(14)12-8-6-5-7-11(12)3/h5-8,10,13-15H,4,9H2,1-3H3,(H,18,19)(H,20,21)/t10-,13?,14?,15-/m0/s1. The lowest BCUT2D eigenvalue weighted by atomic mass is 9.98. The zero-order valence-electron chi connectivity index (χ0n) is 12.8. The van der Waals surface area contributed by atoms with Crippen LogP contribution in [0.4, 0.5) is 0 Å². The average molecular weight is 289 g/mol. The zero-order valence-corrected chi connectivity index (χ0v) is 12.8. The molecule has 1 aliphatic rings. The van der Waals surface area contributed by atoms with Crippen molar-refractivity contribution in [1.82, 2.24) is 5.32 Å². The number of hydrogen-bond acceptors (Lipinski definition) is 2. The van der Waals surface area contributed by atoms with E-state index in [-0.39, 0.29) is 23.7 Å². The Hall–Kier alpha value is -1.84. The second-order valence-electron chi connectivity index (χ2n) is 6.02. The first-order valence-electron chi connectivity index (χ1n) is 7.54. The smallest absolute Gasteiger partial charge is 0.326 e. The third-order valence-electron chi connectivity index (χ3n) is 4.49. The summed E-state index contributed by atoms with van der Waals surface area (Å²) in [5.41, 5.74) is 2.39. The van der Waals surface area contributed by atoms with Crippen LogP contribution in [0.25, 0.3) is 0 Å². The van der Waals surface area contributed by atoms with Crippen LogP contribution in [0.2, 0.25) is 0 Å². The molecule has 2 rings (SSSR count). The highest BCUT2D eigenvalue weighted by atomic mass is 16.4. The molecule has 0 aromatic heterocycles. The first kappa shape index (κ1) is 15.5. The molecule has 1 aliphatic carbocycles. The number of carboxylic acid groups (broad SMARTS) is 1. The normalized spacial score (nSPS) is 23.2. The topological polar surface area (TPSA) is 66.4 Å². The highest BCUT2D eigenvalue weighted by Crippen LogP contribution is 2.48. The molecule has 0 saturated heterocycles. The van der Waals surface area contributed by atoms with E-state index in [0.29, 0.717) is 0 Å². The molecule has 1 amide bonds. The largest absolute Gasteiger partial charge is 0.480 e. The maximum Gasteiger partial charge on any atom is 0.326 e. The van der Waals surface area contributed by atoms with Gasteiger partial charge in [0.15, 0.2) is 0 Å². The van der Waals surface area contributed by atoms with E-state index in [1.807, 2.05) is 39.0 Å². The molecule has 0 spiro atoms. The highest BCUT2D eigenvalue weighted by Gasteiger charge is 2.45. The number of hydrogen-bond donors (Lipinski definition) is 2. The number of benzene rings is 1. The van der Waals surface area contributed by atoms with Gasteiger partial charge in [0, 0.05) is 5.92 Å². The van der Waals surface area contributed by atoms with Crippen LogP contribution < -0.4 is 5.32 Å². The Morgan fingerprint density at radius 1 is 1.38 bits per heavy atom. The minimum atomic E-state index is -0.953. The summed E-state index contributed by atoms with van der Waals surface area (Å²) in [6.45, 7) is 5.83. The summed E-state index contributed by atoms with van der Waals surface area (Å²) >= 11 is 0. The molecule has 0 heterocycles. The number of aryl methyl sites for hydroxylation is 1. The van der Waals surface area contributed by atoms with Crippen molar-refractivity contribution >= 4 is 11.9 Å². The maximum absolute atomic E-state index is 12.3. The Kier molecular flexibility index (Phi) is 4.66. The van der Waals surface area contributed by atoms with E-state index in [1.54, 1.807) is 0 Å².